The van der Waals surface area contributed by atoms with Gasteiger partial charge in [0.1, 0.15) is 5.60 Å². The van der Waals surface area contributed by atoms with E-state index in [0.717, 1.165) is 47.4 Å². The van der Waals surface area contributed by atoms with Crippen LogP contribution >= 0.6 is 0 Å². The first-order valence-electron chi connectivity index (χ1n) is 9.34. The Kier molecular flexibility index (Phi) is 3.78. The molecule has 3 aromatic heterocycles. The van der Waals surface area contributed by atoms with Crippen molar-refractivity contribution in [1.29, 1.82) is 0 Å². The number of aromatic nitrogens is 5. The number of anilines is 2. The zero-order chi connectivity index (χ0) is 18.3. The maximum absolute atomic E-state index is 5.96. The Morgan fingerprint density at radius 1 is 1.19 bits per heavy atom. The van der Waals surface area contributed by atoms with Crippen LogP contribution in [0.5, 0.6) is 0 Å². The van der Waals surface area contributed by atoms with Crippen LogP contribution in [0.25, 0.3) is 16.7 Å². The van der Waals surface area contributed by atoms with E-state index in [1.165, 1.54) is 12.8 Å². The van der Waals surface area contributed by atoms with Crippen LogP contribution in [0.1, 0.15) is 38.2 Å². The van der Waals surface area contributed by atoms with E-state index in [2.05, 4.69) is 36.9 Å². The Balaban J connectivity index is 1.64. The molecule has 4 heterocycles. The van der Waals surface area contributed by atoms with Gasteiger partial charge in [0.15, 0.2) is 5.65 Å². The van der Waals surface area contributed by atoms with E-state index < -0.39 is 0 Å². The number of hydroxylamine groups is 1. The fourth-order valence-corrected chi connectivity index (χ4v) is 3.90. The van der Waals surface area contributed by atoms with Crippen LogP contribution in [0.4, 0.5) is 11.6 Å². The Hall–Kier alpha value is -3.00. The Morgan fingerprint density at radius 2 is 2.00 bits per heavy atom. The molecule has 2 aliphatic rings. The third kappa shape index (κ3) is 2.73. The lowest BCUT2D eigenvalue weighted by molar-refractivity contribution is -0.0289. The smallest absolute Gasteiger partial charge is 0.227 e. The number of hydrogen-bond donors (Lipinski definition) is 2. The van der Waals surface area contributed by atoms with Gasteiger partial charge in [0.2, 0.25) is 5.95 Å². The van der Waals surface area contributed by atoms with Gasteiger partial charge in [-0.1, -0.05) is 12.8 Å². The molecule has 0 unspecified atom stereocenters. The first kappa shape index (κ1) is 16.2. The van der Waals surface area contributed by atoms with Crippen LogP contribution in [-0.4, -0.2) is 30.3 Å². The van der Waals surface area contributed by atoms with Gasteiger partial charge in [0.05, 0.1) is 23.0 Å². The molecule has 1 saturated carbocycles. The molecule has 1 spiro atoms. The summed E-state index contributed by atoms with van der Waals surface area (Å²) in [5.41, 5.74) is 6.49. The summed E-state index contributed by atoms with van der Waals surface area (Å²) in [6.07, 6.45) is 13.8. The highest BCUT2D eigenvalue weighted by atomic mass is 16.7. The van der Waals surface area contributed by atoms with E-state index in [9.17, 15) is 0 Å². The summed E-state index contributed by atoms with van der Waals surface area (Å²) in [4.78, 5) is 19.2. The lowest BCUT2D eigenvalue weighted by atomic mass is 9.99. The average molecular weight is 363 g/mol. The molecule has 0 atom stereocenters. The van der Waals surface area contributed by atoms with Crippen molar-refractivity contribution in [3.8, 4) is 0 Å². The van der Waals surface area contributed by atoms with Crippen molar-refractivity contribution in [2.75, 3.05) is 5.32 Å². The minimum absolute atomic E-state index is 0.196. The second-order valence-electron chi connectivity index (χ2n) is 6.98. The number of hydrogen-bond acceptors (Lipinski definition) is 7. The molecule has 8 nitrogen and oxygen atoms in total. The highest BCUT2D eigenvalue weighted by molar-refractivity contribution is 5.97. The molecule has 8 heteroatoms. The van der Waals surface area contributed by atoms with Crippen LogP contribution in [-0.2, 0) is 11.4 Å². The Morgan fingerprint density at radius 3 is 2.78 bits per heavy atom. The van der Waals surface area contributed by atoms with Crippen LogP contribution in [0.2, 0.25) is 0 Å². The molecule has 0 radical (unpaired) electrons. The number of pyridine rings is 1. The summed E-state index contributed by atoms with van der Waals surface area (Å²) in [7, 11) is 0. The zero-order valence-electron chi connectivity index (χ0n) is 15.1. The van der Waals surface area contributed by atoms with E-state index in [0.29, 0.717) is 5.95 Å². The van der Waals surface area contributed by atoms with Gasteiger partial charge in [-0.05, 0) is 31.9 Å². The van der Waals surface area contributed by atoms with E-state index >= 15 is 0 Å². The number of nitrogens with zero attached hydrogens (tertiary/aromatic N) is 5. The summed E-state index contributed by atoms with van der Waals surface area (Å²) in [5.74, 6) is 0.533. The van der Waals surface area contributed by atoms with E-state index in [1.54, 1.807) is 18.5 Å². The van der Waals surface area contributed by atoms with Crippen LogP contribution in [0.15, 0.2) is 36.9 Å². The molecule has 0 saturated heterocycles. The summed E-state index contributed by atoms with van der Waals surface area (Å²) < 4.78 is 1.88. The number of nitrogens with one attached hydrogen (secondary N) is 2. The SMILES string of the molecule is CCn1ncc2c(Nc3ncccn3)c(C3=CC4(CCCC4)ON3)cnc21. The van der Waals surface area contributed by atoms with Crippen molar-refractivity contribution >= 4 is 28.4 Å². The monoisotopic (exact) mass is 363 g/mol. The molecule has 0 aromatic carbocycles. The number of aryl methyl sites for hydroxylation is 1. The highest BCUT2D eigenvalue weighted by Crippen LogP contribution is 2.41. The van der Waals surface area contributed by atoms with Gasteiger partial charge in [-0.15, -0.1) is 0 Å². The first-order chi connectivity index (χ1) is 13.3. The Bertz CT molecular complexity index is 1010. The highest BCUT2D eigenvalue weighted by Gasteiger charge is 2.38. The summed E-state index contributed by atoms with van der Waals surface area (Å²) >= 11 is 0. The van der Waals surface area contributed by atoms with Crippen molar-refractivity contribution in [1.82, 2.24) is 30.2 Å². The number of rotatable bonds is 4. The van der Waals surface area contributed by atoms with Crippen molar-refractivity contribution in [2.24, 2.45) is 0 Å². The fraction of sp³-hybridized carbons (Fsp3) is 0.368. The topological polar surface area (TPSA) is 89.8 Å². The molecular weight excluding hydrogens is 342 g/mol. The molecule has 5 rings (SSSR count). The molecule has 0 bridgehead atoms. The van der Waals surface area contributed by atoms with E-state index in [-0.39, 0.29) is 5.60 Å². The molecule has 3 aromatic rings. The second-order valence-corrected chi connectivity index (χ2v) is 6.98. The van der Waals surface area contributed by atoms with Crippen molar-refractivity contribution in [3.05, 3.63) is 42.5 Å². The molecule has 2 N–H and O–H groups in total. The minimum atomic E-state index is -0.196. The maximum Gasteiger partial charge on any atom is 0.227 e. The predicted molar refractivity (Wildman–Crippen MR) is 102 cm³/mol. The predicted octanol–water partition coefficient (Wildman–Crippen LogP) is 3.17. The van der Waals surface area contributed by atoms with E-state index in [4.69, 9.17) is 4.84 Å². The summed E-state index contributed by atoms with van der Waals surface area (Å²) in [5, 5.41) is 8.74. The lowest BCUT2D eigenvalue weighted by Gasteiger charge is -2.17. The van der Waals surface area contributed by atoms with E-state index in [1.807, 2.05) is 24.0 Å². The third-order valence-corrected chi connectivity index (χ3v) is 5.28. The second kappa shape index (κ2) is 6.31. The minimum Gasteiger partial charge on any atom is -0.323 e. The van der Waals surface area contributed by atoms with Crippen molar-refractivity contribution < 1.29 is 4.84 Å². The first-order valence-corrected chi connectivity index (χ1v) is 9.34. The molecule has 138 valence electrons. The molecule has 27 heavy (non-hydrogen) atoms. The van der Waals surface area contributed by atoms with Crippen molar-refractivity contribution in [3.63, 3.8) is 0 Å². The van der Waals surface area contributed by atoms with Gasteiger partial charge in [-0.25, -0.2) is 19.6 Å². The molecular formula is C19H21N7O. The molecule has 0 amide bonds. The summed E-state index contributed by atoms with van der Waals surface area (Å²) in [6, 6.07) is 1.79. The van der Waals surface area contributed by atoms with Gasteiger partial charge in [0.25, 0.3) is 0 Å². The quantitative estimate of drug-likeness (QED) is 0.736. The normalized spacial score (nSPS) is 18.0. The van der Waals surface area contributed by atoms with Gasteiger partial charge in [-0.2, -0.15) is 5.10 Å². The van der Waals surface area contributed by atoms with Gasteiger partial charge < -0.3 is 5.32 Å². The van der Waals surface area contributed by atoms with Gasteiger partial charge in [-0.3, -0.25) is 10.3 Å². The maximum atomic E-state index is 5.96. The average Bonchev–Trinajstić information content (AvgIpc) is 3.44. The van der Waals surface area contributed by atoms with Crippen LogP contribution in [0.3, 0.4) is 0 Å². The number of fused-ring (bicyclic) bond motifs is 1. The fourth-order valence-electron chi connectivity index (χ4n) is 3.90. The summed E-state index contributed by atoms with van der Waals surface area (Å²) in [6.45, 7) is 2.80. The van der Waals surface area contributed by atoms with Crippen molar-refractivity contribution in [2.45, 2.75) is 44.8 Å². The Labute approximate surface area is 156 Å². The van der Waals surface area contributed by atoms with Gasteiger partial charge >= 0.3 is 0 Å². The van der Waals surface area contributed by atoms with Crippen LogP contribution < -0.4 is 10.8 Å². The standard InChI is InChI=1S/C19H21N7O/c1-2-26-17-14(12-23-26)16(24-18-20-8-5-9-21-18)13(11-22-17)15-10-19(27-25-15)6-3-4-7-19/h5,8-12,25H,2-4,6-7H2,1H3,(H,20,21,22,24). The largest absolute Gasteiger partial charge is 0.323 e. The van der Waals surface area contributed by atoms with Gasteiger partial charge in [0, 0.05) is 30.7 Å². The molecule has 1 aliphatic carbocycles. The third-order valence-electron chi connectivity index (χ3n) is 5.28. The zero-order valence-corrected chi connectivity index (χ0v) is 15.1. The lowest BCUT2D eigenvalue weighted by Crippen LogP contribution is -2.25. The molecule has 1 aliphatic heterocycles. The molecule has 1 fully saturated rings. The van der Waals surface area contributed by atoms with Crippen LogP contribution in [0, 0.1) is 0 Å².